The minimum absolute atomic E-state index is 0. The van der Waals surface area contributed by atoms with Gasteiger partial charge in [0, 0.05) is 29.5 Å². The highest BCUT2D eigenvalue weighted by Gasteiger charge is 2.21. The van der Waals surface area contributed by atoms with Gasteiger partial charge in [-0.1, -0.05) is 26.2 Å². The monoisotopic (exact) mass is 194 g/mol. The van der Waals surface area contributed by atoms with Crippen molar-refractivity contribution in [1.29, 1.82) is 0 Å². The largest absolute Gasteiger partial charge is 0.481 e. The Morgan fingerprint density at radius 2 is 1.69 bits per heavy atom. The van der Waals surface area contributed by atoms with E-state index in [-0.39, 0.29) is 23.1 Å². The van der Waals surface area contributed by atoms with Crippen LogP contribution in [0.4, 0.5) is 0 Å². The predicted octanol–water partition coefficient (Wildman–Crippen LogP) is 2.30. The first-order valence-corrected chi connectivity index (χ1v) is 4.94. The molecular formula is C10H18MgO2. The summed E-state index contributed by atoms with van der Waals surface area (Å²) < 4.78 is 0. The van der Waals surface area contributed by atoms with Gasteiger partial charge in [-0.15, -0.1) is 0 Å². The summed E-state index contributed by atoms with van der Waals surface area (Å²) in [6, 6.07) is 0. The maximum atomic E-state index is 10.4. The van der Waals surface area contributed by atoms with Crippen LogP contribution in [-0.4, -0.2) is 34.1 Å². The van der Waals surface area contributed by atoms with E-state index in [1.807, 2.05) is 0 Å². The average molecular weight is 195 g/mol. The van der Waals surface area contributed by atoms with Crippen LogP contribution >= 0.6 is 0 Å². The number of carbonyl (C=O) groups is 1. The second-order valence-corrected chi connectivity index (χ2v) is 3.89. The molecule has 0 aromatic heterocycles. The molecule has 1 fully saturated rings. The highest BCUT2D eigenvalue weighted by Crippen LogP contribution is 2.32. The van der Waals surface area contributed by atoms with Gasteiger partial charge in [-0.25, -0.2) is 0 Å². The van der Waals surface area contributed by atoms with Crippen LogP contribution in [0, 0.1) is 11.8 Å². The lowest BCUT2D eigenvalue weighted by molar-refractivity contribution is -0.138. The Balaban J connectivity index is 0.00000144. The first-order valence-electron chi connectivity index (χ1n) is 4.94. The van der Waals surface area contributed by atoms with Crippen molar-refractivity contribution in [3.05, 3.63) is 0 Å². The molecule has 2 nitrogen and oxygen atoms in total. The molecule has 2 radical (unpaired) electrons. The molecule has 1 aliphatic carbocycles. The van der Waals surface area contributed by atoms with Crippen molar-refractivity contribution in [2.24, 2.45) is 11.8 Å². The van der Waals surface area contributed by atoms with E-state index in [9.17, 15) is 4.79 Å². The van der Waals surface area contributed by atoms with Crippen LogP contribution in [0.1, 0.15) is 45.4 Å². The summed E-state index contributed by atoms with van der Waals surface area (Å²) in [5, 5.41) is 8.59. The molecule has 13 heavy (non-hydrogen) atoms. The number of hydrogen-bond donors (Lipinski definition) is 1. The van der Waals surface area contributed by atoms with E-state index >= 15 is 0 Å². The van der Waals surface area contributed by atoms with Gasteiger partial charge in [0.25, 0.3) is 0 Å². The van der Waals surface area contributed by atoms with E-state index in [0.29, 0.717) is 12.3 Å². The van der Waals surface area contributed by atoms with E-state index in [1.165, 1.54) is 19.3 Å². The highest BCUT2D eigenvalue weighted by molar-refractivity contribution is 5.75. The van der Waals surface area contributed by atoms with Gasteiger partial charge in [0.15, 0.2) is 0 Å². The van der Waals surface area contributed by atoms with Crippen molar-refractivity contribution >= 4 is 29.0 Å². The molecule has 3 heteroatoms. The van der Waals surface area contributed by atoms with E-state index in [1.54, 1.807) is 0 Å². The molecule has 0 aromatic carbocycles. The second-order valence-electron chi connectivity index (χ2n) is 3.89. The summed E-state index contributed by atoms with van der Waals surface area (Å²) in [5.41, 5.74) is 0. The normalized spacial score (nSPS) is 27.8. The maximum absolute atomic E-state index is 10.4. The highest BCUT2D eigenvalue weighted by atomic mass is 24.3. The van der Waals surface area contributed by atoms with Crippen molar-refractivity contribution < 1.29 is 9.90 Å². The summed E-state index contributed by atoms with van der Waals surface area (Å²) in [4.78, 5) is 10.4. The van der Waals surface area contributed by atoms with Crippen molar-refractivity contribution in [1.82, 2.24) is 0 Å². The minimum atomic E-state index is -0.630. The smallest absolute Gasteiger partial charge is 0.303 e. The fourth-order valence-electron chi connectivity index (χ4n) is 2.09. The lowest BCUT2D eigenvalue weighted by Gasteiger charge is -2.26. The van der Waals surface area contributed by atoms with E-state index < -0.39 is 5.97 Å². The molecule has 1 rings (SSSR count). The molecular weight excluding hydrogens is 176 g/mol. The zero-order valence-corrected chi connectivity index (χ0v) is 9.87. The molecule has 0 aromatic rings. The minimum Gasteiger partial charge on any atom is -0.481 e. The Bertz CT molecular complexity index is 151. The van der Waals surface area contributed by atoms with Crippen LogP contribution in [0.2, 0.25) is 0 Å². The molecule has 0 bridgehead atoms. The van der Waals surface area contributed by atoms with Gasteiger partial charge in [-0.3, -0.25) is 4.79 Å². The van der Waals surface area contributed by atoms with Gasteiger partial charge < -0.3 is 5.11 Å². The Hall–Kier alpha value is 0.236. The van der Waals surface area contributed by atoms with Gasteiger partial charge in [-0.05, 0) is 24.7 Å². The summed E-state index contributed by atoms with van der Waals surface area (Å²) >= 11 is 0. The maximum Gasteiger partial charge on any atom is 0.303 e. The first kappa shape index (κ1) is 13.2. The van der Waals surface area contributed by atoms with Crippen LogP contribution < -0.4 is 0 Å². The molecule has 1 N–H and O–H groups in total. The van der Waals surface area contributed by atoms with Crippen LogP contribution in [0.25, 0.3) is 0 Å². The molecule has 0 aliphatic heterocycles. The molecule has 0 spiro atoms. The van der Waals surface area contributed by atoms with E-state index in [0.717, 1.165) is 18.8 Å². The quantitative estimate of drug-likeness (QED) is 0.700. The van der Waals surface area contributed by atoms with Crippen LogP contribution in [0.15, 0.2) is 0 Å². The van der Waals surface area contributed by atoms with Gasteiger partial charge >= 0.3 is 5.97 Å². The third-order valence-electron chi connectivity index (χ3n) is 3.01. The molecule has 0 unspecified atom stereocenters. The number of hydrogen-bond acceptors (Lipinski definition) is 1. The fourth-order valence-corrected chi connectivity index (χ4v) is 2.09. The Kier molecular flexibility index (Phi) is 6.78. The third kappa shape index (κ3) is 4.86. The van der Waals surface area contributed by atoms with Crippen LogP contribution in [0.3, 0.4) is 0 Å². The van der Waals surface area contributed by atoms with Gasteiger partial charge in [0.2, 0.25) is 0 Å². The molecule has 1 saturated carbocycles. The first-order chi connectivity index (χ1) is 5.72. The van der Waals surface area contributed by atoms with Crippen molar-refractivity contribution in [2.45, 2.75) is 45.4 Å². The number of carboxylic acid groups (broad SMARTS) is 1. The third-order valence-corrected chi connectivity index (χ3v) is 3.01. The van der Waals surface area contributed by atoms with Crippen LogP contribution in [-0.2, 0) is 4.79 Å². The second kappa shape index (κ2) is 6.65. The van der Waals surface area contributed by atoms with Crippen LogP contribution in [0.5, 0.6) is 0 Å². The summed E-state index contributed by atoms with van der Waals surface area (Å²) in [6.45, 7) is 2.22. The standard InChI is InChI=1S/C10H18O2.Mg/c1-2-8-3-5-9(6-4-8)7-10(11)12;/h8-9H,2-7H2,1H3,(H,11,12);. The molecule has 0 atom stereocenters. The Labute approximate surface area is 96.2 Å². The van der Waals surface area contributed by atoms with Crippen molar-refractivity contribution in [3.63, 3.8) is 0 Å². The number of rotatable bonds is 3. The van der Waals surface area contributed by atoms with E-state index in [2.05, 4.69) is 6.92 Å². The lowest BCUT2D eigenvalue weighted by Crippen LogP contribution is -2.16. The van der Waals surface area contributed by atoms with E-state index in [4.69, 9.17) is 5.11 Å². The molecule has 0 saturated heterocycles. The zero-order chi connectivity index (χ0) is 8.97. The SMILES string of the molecule is CCC1CCC(CC(=O)O)CC1.[Mg]. The van der Waals surface area contributed by atoms with Gasteiger partial charge in [-0.2, -0.15) is 0 Å². The van der Waals surface area contributed by atoms with Crippen molar-refractivity contribution in [3.8, 4) is 0 Å². The fraction of sp³-hybridized carbons (Fsp3) is 0.900. The van der Waals surface area contributed by atoms with Crippen molar-refractivity contribution in [2.75, 3.05) is 0 Å². The molecule has 1 aliphatic rings. The van der Waals surface area contributed by atoms with Gasteiger partial charge in [0.05, 0.1) is 0 Å². The Morgan fingerprint density at radius 3 is 2.08 bits per heavy atom. The average Bonchev–Trinajstić information content (AvgIpc) is 2.05. The topological polar surface area (TPSA) is 37.3 Å². The molecule has 72 valence electrons. The zero-order valence-electron chi connectivity index (χ0n) is 8.46. The molecule has 0 heterocycles. The summed E-state index contributed by atoms with van der Waals surface area (Å²) in [5.74, 6) is 0.704. The lowest BCUT2D eigenvalue weighted by atomic mass is 9.79. The molecule has 0 amide bonds. The van der Waals surface area contributed by atoms with Gasteiger partial charge in [0.1, 0.15) is 0 Å². The summed E-state index contributed by atoms with van der Waals surface area (Å²) in [6.07, 6.45) is 6.40. The summed E-state index contributed by atoms with van der Waals surface area (Å²) in [7, 11) is 0. The number of carboxylic acids is 1. The predicted molar refractivity (Wildman–Crippen MR) is 53.7 cm³/mol. The number of aliphatic carboxylic acids is 1. The Morgan fingerprint density at radius 1 is 1.23 bits per heavy atom.